The van der Waals surface area contributed by atoms with Crippen molar-refractivity contribution in [2.75, 3.05) is 25.0 Å². The Morgan fingerprint density at radius 3 is 2.53 bits per heavy atom. The van der Waals surface area contributed by atoms with E-state index in [1.165, 1.54) is 49.3 Å². The van der Waals surface area contributed by atoms with E-state index in [1.54, 1.807) is 0 Å². The molecule has 0 radical (unpaired) electrons. The summed E-state index contributed by atoms with van der Waals surface area (Å²) in [6, 6.07) is 7.19. The molecule has 0 bridgehead atoms. The molecule has 1 N–H and O–H groups in total. The summed E-state index contributed by atoms with van der Waals surface area (Å²) in [5.41, 5.74) is 4.09. The van der Waals surface area contributed by atoms with Crippen molar-refractivity contribution in [2.24, 2.45) is 5.92 Å². The van der Waals surface area contributed by atoms with Crippen LogP contribution in [0.5, 0.6) is 0 Å². The van der Waals surface area contributed by atoms with Crippen LogP contribution in [-0.2, 0) is 0 Å². The molecular weight excluding hydrogens is 232 g/mol. The number of anilines is 1. The first-order valence-electron chi connectivity index (χ1n) is 7.61. The van der Waals surface area contributed by atoms with Crippen molar-refractivity contribution in [1.82, 2.24) is 4.90 Å². The Morgan fingerprint density at radius 1 is 1.21 bits per heavy atom. The van der Waals surface area contributed by atoms with Crippen LogP contribution in [0.4, 0.5) is 5.69 Å². The number of rotatable bonds is 4. The summed E-state index contributed by atoms with van der Waals surface area (Å²) in [7, 11) is 0. The number of benzene rings is 1. The highest BCUT2D eigenvalue weighted by atomic mass is 15.1. The summed E-state index contributed by atoms with van der Waals surface area (Å²) in [5.74, 6) is 0.781. The van der Waals surface area contributed by atoms with Crippen LogP contribution < -0.4 is 5.32 Å². The molecule has 19 heavy (non-hydrogen) atoms. The molecule has 106 valence electrons. The quantitative estimate of drug-likeness (QED) is 0.885. The lowest BCUT2D eigenvalue weighted by Gasteiger charge is -2.34. The van der Waals surface area contributed by atoms with Gasteiger partial charge in [0.1, 0.15) is 0 Å². The largest absolute Gasteiger partial charge is 0.382 e. The fraction of sp³-hybridized carbons (Fsp3) is 0.647. The Kier molecular flexibility index (Phi) is 4.87. The molecule has 0 amide bonds. The highest BCUT2D eigenvalue weighted by Crippen LogP contribution is 2.22. The number of hydrogen-bond donors (Lipinski definition) is 1. The fourth-order valence-electron chi connectivity index (χ4n) is 2.90. The van der Waals surface area contributed by atoms with E-state index in [1.807, 2.05) is 0 Å². The zero-order chi connectivity index (χ0) is 13.8. The SMILES string of the molecule is Cc1cccc(NC2CCN(CC(C)C)CC2)c1C. The summed E-state index contributed by atoms with van der Waals surface area (Å²) < 4.78 is 0. The third-order valence-electron chi connectivity index (χ3n) is 4.18. The lowest BCUT2D eigenvalue weighted by molar-refractivity contribution is 0.198. The van der Waals surface area contributed by atoms with Gasteiger partial charge in [0.15, 0.2) is 0 Å². The van der Waals surface area contributed by atoms with Gasteiger partial charge in [0.2, 0.25) is 0 Å². The van der Waals surface area contributed by atoms with Gasteiger partial charge in [-0.05, 0) is 49.8 Å². The highest BCUT2D eigenvalue weighted by molar-refractivity contribution is 5.54. The minimum atomic E-state index is 0.643. The van der Waals surface area contributed by atoms with E-state index in [4.69, 9.17) is 0 Å². The normalized spacial score (nSPS) is 17.9. The van der Waals surface area contributed by atoms with Gasteiger partial charge in [0.25, 0.3) is 0 Å². The second kappa shape index (κ2) is 6.42. The Balaban J connectivity index is 1.87. The molecule has 0 unspecified atom stereocenters. The van der Waals surface area contributed by atoms with Gasteiger partial charge in [-0.1, -0.05) is 26.0 Å². The van der Waals surface area contributed by atoms with Gasteiger partial charge in [0, 0.05) is 31.4 Å². The minimum absolute atomic E-state index is 0.643. The number of hydrogen-bond acceptors (Lipinski definition) is 2. The number of nitrogens with one attached hydrogen (secondary N) is 1. The second-order valence-corrected chi connectivity index (χ2v) is 6.36. The van der Waals surface area contributed by atoms with Crippen molar-refractivity contribution in [2.45, 2.75) is 46.6 Å². The molecule has 2 heteroatoms. The molecular formula is C17H28N2. The van der Waals surface area contributed by atoms with Gasteiger partial charge in [-0.15, -0.1) is 0 Å². The summed E-state index contributed by atoms with van der Waals surface area (Å²) >= 11 is 0. The summed E-state index contributed by atoms with van der Waals surface area (Å²) in [6.07, 6.45) is 2.53. The molecule has 0 saturated carbocycles. The first-order valence-corrected chi connectivity index (χ1v) is 7.61. The van der Waals surface area contributed by atoms with Crippen molar-refractivity contribution < 1.29 is 0 Å². The van der Waals surface area contributed by atoms with E-state index in [9.17, 15) is 0 Å². The van der Waals surface area contributed by atoms with Gasteiger partial charge in [0.05, 0.1) is 0 Å². The summed E-state index contributed by atoms with van der Waals surface area (Å²) in [6.45, 7) is 12.7. The number of piperidine rings is 1. The van der Waals surface area contributed by atoms with Crippen LogP contribution >= 0.6 is 0 Å². The van der Waals surface area contributed by atoms with E-state index in [0.29, 0.717) is 6.04 Å². The van der Waals surface area contributed by atoms with Gasteiger partial charge in [-0.3, -0.25) is 0 Å². The molecule has 0 spiro atoms. The van der Waals surface area contributed by atoms with E-state index >= 15 is 0 Å². The molecule has 0 aromatic heterocycles. The predicted octanol–water partition coefficient (Wildman–Crippen LogP) is 3.84. The van der Waals surface area contributed by atoms with Crippen LogP contribution in [-0.4, -0.2) is 30.6 Å². The molecule has 1 saturated heterocycles. The second-order valence-electron chi connectivity index (χ2n) is 6.36. The fourth-order valence-corrected chi connectivity index (χ4v) is 2.90. The van der Waals surface area contributed by atoms with Crippen LogP contribution in [0.25, 0.3) is 0 Å². The smallest absolute Gasteiger partial charge is 0.0374 e. The van der Waals surface area contributed by atoms with Crippen LogP contribution in [0.2, 0.25) is 0 Å². The molecule has 2 nitrogen and oxygen atoms in total. The first kappa shape index (κ1) is 14.4. The monoisotopic (exact) mass is 260 g/mol. The van der Waals surface area contributed by atoms with Crippen molar-refractivity contribution in [3.05, 3.63) is 29.3 Å². The molecule has 1 aromatic carbocycles. The highest BCUT2D eigenvalue weighted by Gasteiger charge is 2.19. The third kappa shape index (κ3) is 3.97. The predicted molar refractivity (Wildman–Crippen MR) is 83.8 cm³/mol. The number of nitrogens with zero attached hydrogens (tertiary/aromatic N) is 1. The van der Waals surface area contributed by atoms with Gasteiger partial charge < -0.3 is 10.2 Å². The maximum absolute atomic E-state index is 3.74. The average molecular weight is 260 g/mol. The van der Waals surface area contributed by atoms with E-state index < -0.39 is 0 Å². The Hall–Kier alpha value is -1.02. The Bertz CT molecular complexity index is 404. The summed E-state index contributed by atoms with van der Waals surface area (Å²) in [4.78, 5) is 2.60. The zero-order valence-electron chi connectivity index (χ0n) is 12.9. The minimum Gasteiger partial charge on any atom is -0.382 e. The number of likely N-dealkylation sites (tertiary alicyclic amines) is 1. The summed E-state index contributed by atoms with van der Waals surface area (Å²) in [5, 5.41) is 3.74. The van der Waals surface area contributed by atoms with Gasteiger partial charge in [-0.2, -0.15) is 0 Å². The molecule has 0 atom stereocenters. The molecule has 1 aliphatic rings. The topological polar surface area (TPSA) is 15.3 Å². The van der Waals surface area contributed by atoms with Crippen molar-refractivity contribution in [1.29, 1.82) is 0 Å². The van der Waals surface area contributed by atoms with Gasteiger partial charge in [-0.25, -0.2) is 0 Å². The Labute approximate surface area is 118 Å². The zero-order valence-corrected chi connectivity index (χ0v) is 12.9. The maximum Gasteiger partial charge on any atom is 0.0374 e. The lowest BCUT2D eigenvalue weighted by atomic mass is 10.0. The molecule has 1 aromatic rings. The van der Waals surface area contributed by atoms with Crippen LogP contribution in [0.3, 0.4) is 0 Å². The van der Waals surface area contributed by atoms with Crippen molar-refractivity contribution >= 4 is 5.69 Å². The molecule has 1 fully saturated rings. The first-order chi connectivity index (χ1) is 9.06. The molecule has 2 rings (SSSR count). The van der Waals surface area contributed by atoms with Crippen molar-refractivity contribution in [3.8, 4) is 0 Å². The van der Waals surface area contributed by atoms with Crippen molar-refractivity contribution in [3.63, 3.8) is 0 Å². The van der Waals surface area contributed by atoms with Crippen LogP contribution in [0.15, 0.2) is 18.2 Å². The van der Waals surface area contributed by atoms with Crippen LogP contribution in [0, 0.1) is 19.8 Å². The van der Waals surface area contributed by atoms with Crippen LogP contribution in [0.1, 0.15) is 37.8 Å². The van der Waals surface area contributed by atoms with E-state index in [-0.39, 0.29) is 0 Å². The Morgan fingerprint density at radius 2 is 1.89 bits per heavy atom. The maximum atomic E-state index is 3.74. The number of aryl methyl sites for hydroxylation is 1. The lowest BCUT2D eigenvalue weighted by Crippen LogP contribution is -2.40. The van der Waals surface area contributed by atoms with E-state index in [0.717, 1.165) is 5.92 Å². The third-order valence-corrected chi connectivity index (χ3v) is 4.18. The standard InChI is InChI=1S/C17H28N2/c1-13(2)12-19-10-8-16(9-11-19)18-17-7-5-6-14(3)15(17)4/h5-7,13,16,18H,8-12H2,1-4H3. The average Bonchev–Trinajstić information content (AvgIpc) is 2.37. The molecule has 1 heterocycles. The molecule has 1 aliphatic heterocycles. The van der Waals surface area contributed by atoms with E-state index in [2.05, 4.69) is 56.1 Å². The van der Waals surface area contributed by atoms with Gasteiger partial charge >= 0.3 is 0 Å². The molecule has 0 aliphatic carbocycles.